The van der Waals surface area contributed by atoms with Crippen molar-refractivity contribution in [2.75, 3.05) is 46.9 Å². The molecule has 2 aromatic rings. The summed E-state index contributed by atoms with van der Waals surface area (Å²) in [5, 5.41) is 3.20. The van der Waals surface area contributed by atoms with E-state index in [1.54, 1.807) is 14.2 Å². The Morgan fingerprint density at radius 3 is 2.50 bits per heavy atom. The van der Waals surface area contributed by atoms with E-state index in [1.807, 2.05) is 41.3 Å². The largest absolute Gasteiger partial charge is 0.493 e. The summed E-state index contributed by atoms with van der Waals surface area (Å²) in [5.74, 6) is 0.726. The summed E-state index contributed by atoms with van der Waals surface area (Å²) >= 11 is 0. The molecule has 7 nitrogen and oxygen atoms in total. The molecule has 2 heterocycles. The second-order valence-electron chi connectivity index (χ2n) is 9.60. The molecule has 2 amide bonds. The molecule has 0 aromatic heterocycles. The Balaban J connectivity index is 1.62. The third-order valence-electron chi connectivity index (χ3n) is 7.53. The fourth-order valence-corrected chi connectivity index (χ4v) is 5.57. The lowest BCUT2D eigenvalue weighted by Crippen LogP contribution is -2.50. The highest BCUT2D eigenvalue weighted by Gasteiger charge is 2.46. The number of benzene rings is 2. The Kier molecular flexibility index (Phi) is 8.52. The average molecular weight is 494 g/mol. The zero-order valence-electron chi connectivity index (χ0n) is 22.0. The van der Waals surface area contributed by atoms with Gasteiger partial charge in [0.15, 0.2) is 11.5 Å². The van der Waals surface area contributed by atoms with Crippen LogP contribution < -0.4 is 14.8 Å². The van der Waals surface area contributed by atoms with Crippen molar-refractivity contribution in [3.63, 3.8) is 0 Å². The summed E-state index contributed by atoms with van der Waals surface area (Å²) in [6, 6.07) is 11.1. The standard InChI is InChI=1S/C29H39N3O4/c1-5-7-15-31(6-2)16-10-14-30-28(33)26-21-11-8-9-12-22(21)29(34)32-17-13-20-18-24(35-3)25(36-4)19-23(20)27(26)32/h8-9,11-12,18-19,26-27H,5-7,10,13-17H2,1-4H3,(H,30,33)/t26-,27+/m0/s1. The molecule has 2 aliphatic rings. The van der Waals surface area contributed by atoms with Crippen LogP contribution in [0.5, 0.6) is 11.5 Å². The molecule has 2 aliphatic heterocycles. The highest BCUT2D eigenvalue weighted by atomic mass is 16.5. The number of carbonyl (C=O) groups is 2. The van der Waals surface area contributed by atoms with Crippen LogP contribution in [0.25, 0.3) is 0 Å². The summed E-state index contributed by atoms with van der Waals surface area (Å²) in [5.41, 5.74) is 3.46. The first-order valence-corrected chi connectivity index (χ1v) is 13.2. The van der Waals surface area contributed by atoms with E-state index in [0.717, 1.165) is 42.7 Å². The van der Waals surface area contributed by atoms with Gasteiger partial charge in [-0.3, -0.25) is 9.59 Å². The second kappa shape index (κ2) is 11.8. The maximum absolute atomic E-state index is 13.8. The lowest BCUT2D eigenvalue weighted by Gasteiger charge is -2.45. The molecule has 0 fully saturated rings. The number of rotatable bonds is 11. The van der Waals surface area contributed by atoms with Gasteiger partial charge < -0.3 is 24.6 Å². The fourth-order valence-electron chi connectivity index (χ4n) is 5.57. The first-order chi connectivity index (χ1) is 17.5. The lowest BCUT2D eigenvalue weighted by molar-refractivity contribution is -0.124. The highest BCUT2D eigenvalue weighted by Crippen LogP contribution is 2.48. The van der Waals surface area contributed by atoms with Crippen molar-refractivity contribution in [3.05, 3.63) is 58.7 Å². The SMILES string of the molecule is CCCCN(CC)CCCNC(=O)[C@H]1c2ccccc2C(=O)N2CCc3cc(OC)c(OC)cc3[C@H]12. The summed E-state index contributed by atoms with van der Waals surface area (Å²) in [6.07, 6.45) is 3.98. The number of hydrogen-bond acceptors (Lipinski definition) is 5. The normalized spacial score (nSPS) is 18.4. The predicted octanol–water partition coefficient (Wildman–Crippen LogP) is 4.17. The minimum atomic E-state index is -0.488. The summed E-state index contributed by atoms with van der Waals surface area (Å²) in [6.45, 7) is 8.64. The minimum absolute atomic E-state index is 0.0189. The van der Waals surface area contributed by atoms with Crippen LogP contribution in [0.15, 0.2) is 36.4 Å². The molecule has 2 aromatic carbocycles. The molecule has 2 atom stereocenters. The summed E-state index contributed by atoms with van der Waals surface area (Å²) in [7, 11) is 3.23. The second-order valence-corrected chi connectivity index (χ2v) is 9.60. The molecular weight excluding hydrogens is 454 g/mol. The number of amides is 2. The van der Waals surface area contributed by atoms with E-state index in [0.29, 0.717) is 36.6 Å². The Hall–Kier alpha value is -3.06. The molecule has 0 aliphatic carbocycles. The molecule has 0 radical (unpaired) electrons. The Morgan fingerprint density at radius 1 is 1.06 bits per heavy atom. The van der Waals surface area contributed by atoms with Crippen molar-refractivity contribution in [2.24, 2.45) is 0 Å². The Bertz CT molecular complexity index is 1090. The number of ether oxygens (including phenoxy) is 2. The summed E-state index contributed by atoms with van der Waals surface area (Å²) in [4.78, 5) is 31.6. The van der Waals surface area contributed by atoms with Crippen LogP contribution in [0.3, 0.4) is 0 Å². The minimum Gasteiger partial charge on any atom is -0.493 e. The van der Waals surface area contributed by atoms with E-state index in [2.05, 4.69) is 24.1 Å². The number of hydrogen-bond donors (Lipinski definition) is 1. The molecule has 0 bridgehead atoms. The van der Waals surface area contributed by atoms with Crippen molar-refractivity contribution in [1.82, 2.24) is 15.1 Å². The van der Waals surface area contributed by atoms with Gasteiger partial charge in [-0.25, -0.2) is 0 Å². The average Bonchev–Trinajstić information content (AvgIpc) is 2.91. The lowest BCUT2D eigenvalue weighted by atomic mass is 9.75. The molecule has 36 heavy (non-hydrogen) atoms. The predicted molar refractivity (Wildman–Crippen MR) is 141 cm³/mol. The zero-order chi connectivity index (χ0) is 25.7. The van der Waals surface area contributed by atoms with Crippen LogP contribution in [0, 0.1) is 0 Å². The van der Waals surface area contributed by atoms with Crippen molar-refractivity contribution in [1.29, 1.82) is 0 Å². The van der Waals surface area contributed by atoms with E-state index in [1.165, 1.54) is 12.8 Å². The van der Waals surface area contributed by atoms with Gasteiger partial charge >= 0.3 is 0 Å². The van der Waals surface area contributed by atoms with E-state index in [9.17, 15) is 9.59 Å². The maximum Gasteiger partial charge on any atom is 0.254 e. The topological polar surface area (TPSA) is 71.1 Å². The van der Waals surface area contributed by atoms with Crippen molar-refractivity contribution >= 4 is 11.8 Å². The molecule has 0 saturated carbocycles. The van der Waals surface area contributed by atoms with Gasteiger partial charge in [-0.1, -0.05) is 38.5 Å². The third-order valence-corrected chi connectivity index (χ3v) is 7.53. The van der Waals surface area contributed by atoms with Gasteiger partial charge in [0.1, 0.15) is 0 Å². The third kappa shape index (κ3) is 5.07. The fraction of sp³-hybridized carbons (Fsp3) is 0.517. The van der Waals surface area contributed by atoms with Gasteiger partial charge in [0, 0.05) is 18.7 Å². The zero-order valence-corrected chi connectivity index (χ0v) is 22.0. The van der Waals surface area contributed by atoms with Crippen LogP contribution in [0.1, 0.15) is 72.1 Å². The quantitative estimate of drug-likeness (QED) is 0.476. The van der Waals surface area contributed by atoms with Gasteiger partial charge in [0.25, 0.3) is 5.91 Å². The number of fused-ring (bicyclic) bond motifs is 4. The van der Waals surface area contributed by atoms with Crippen molar-refractivity contribution in [2.45, 2.75) is 51.5 Å². The monoisotopic (exact) mass is 493 g/mol. The number of nitrogens with zero attached hydrogens (tertiary/aromatic N) is 2. The van der Waals surface area contributed by atoms with Gasteiger partial charge in [0.2, 0.25) is 5.91 Å². The van der Waals surface area contributed by atoms with E-state index >= 15 is 0 Å². The number of nitrogens with one attached hydrogen (secondary N) is 1. The van der Waals surface area contributed by atoms with Crippen LogP contribution in [-0.2, 0) is 11.2 Å². The molecule has 1 N–H and O–H groups in total. The first-order valence-electron chi connectivity index (χ1n) is 13.2. The van der Waals surface area contributed by atoms with Crippen LogP contribution in [-0.4, -0.2) is 68.6 Å². The molecule has 4 rings (SSSR count). The highest BCUT2D eigenvalue weighted by molar-refractivity contribution is 6.01. The van der Waals surface area contributed by atoms with Gasteiger partial charge in [-0.2, -0.15) is 0 Å². The van der Waals surface area contributed by atoms with E-state index in [4.69, 9.17) is 9.47 Å². The molecule has 0 unspecified atom stereocenters. The van der Waals surface area contributed by atoms with Gasteiger partial charge in [-0.15, -0.1) is 0 Å². The van der Waals surface area contributed by atoms with E-state index < -0.39 is 5.92 Å². The molecule has 0 saturated heterocycles. The van der Waals surface area contributed by atoms with Crippen molar-refractivity contribution < 1.29 is 19.1 Å². The Morgan fingerprint density at radius 2 is 1.78 bits per heavy atom. The van der Waals surface area contributed by atoms with Gasteiger partial charge in [-0.05, 0) is 73.8 Å². The number of unbranched alkanes of at least 4 members (excludes halogenated alkanes) is 1. The molecule has 194 valence electrons. The number of methoxy groups -OCH3 is 2. The van der Waals surface area contributed by atoms with Crippen LogP contribution in [0.2, 0.25) is 0 Å². The smallest absolute Gasteiger partial charge is 0.254 e. The van der Waals surface area contributed by atoms with Crippen molar-refractivity contribution in [3.8, 4) is 11.5 Å². The molecule has 0 spiro atoms. The Labute approximate surface area is 214 Å². The summed E-state index contributed by atoms with van der Waals surface area (Å²) < 4.78 is 11.1. The first kappa shape index (κ1) is 26.0. The molecular formula is C29H39N3O4. The van der Waals surface area contributed by atoms with Crippen LogP contribution in [0.4, 0.5) is 0 Å². The van der Waals surface area contributed by atoms with Crippen LogP contribution >= 0.6 is 0 Å². The van der Waals surface area contributed by atoms with Gasteiger partial charge in [0.05, 0.1) is 26.2 Å². The maximum atomic E-state index is 13.8. The van der Waals surface area contributed by atoms with E-state index in [-0.39, 0.29) is 17.9 Å². The molecule has 7 heteroatoms. The number of carbonyl (C=O) groups excluding carboxylic acids is 2.